The summed E-state index contributed by atoms with van der Waals surface area (Å²) < 4.78 is 24.4. The molecule has 8 nitrogen and oxygen atoms in total. The molecule has 0 aromatic rings. The first kappa shape index (κ1) is 20.1. The molecule has 2 heterocycles. The number of hydrogen-bond acceptors (Lipinski definition) is 8. The molecule has 7 fully saturated rings. The number of nitrogens with zero attached hydrogens (tertiary/aromatic N) is 1. The van der Waals surface area contributed by atoms with Crippen LogP contribution in [-0.2, 0) is 18.9 Å². The zero-order chi connectivity index (χ0) is 21.7. The molecule has 4 unspecified atom stereocenters. The molecule has 174 valence electrons. The summed E-state index contributed by atoms with van der Waals surface area (Å²) in [5.41, 5.74) is -3.98. The summed E-state index contributed by atoms with van der Waals surface area (Å²) in [6, 6.07) is -0.385. The lowest BCUT2D eigenvalue weighted by Gasteiger charge is -2.67. The molecule has 7 bridgehead atoms. The number of methoxy groups -OCH3 is 3. The summed E-state index contributed by atoms with van der Waals surface area (Å²) in [5, 5.41) is 37.1. The number of likely N-dealkylation sites (N-methyl/N-ethyl adjacent to an activating group) is 1. The number of rotatable bonds is 4. The Morgan fingerprint density at radius 3 is 2.52 bits per heavy atom. The van der Waals surface area contributed by atoms with Gasteiger partial charge in [0.1, 0.15) is 16.8 Å². The zero-order valence-electron chi connectivity index (χ0n) is 18.7. The molecule has 0 aromatic carbocycles. The average molecular weight is 438 g/mol. The van der Waals surface area contributed by atoms with E-state index in [4.69, 9.17) is 18.9 Å². The maximum atomic E-state index is 12.8. The fourth-order valence-corrected chi connectivity index (χ4v) is 10.6. The number of aliphatic hydroxyl groups excluding tert-OH is 1. The van der Waals surface area contributed by atoms with Crippen LogP contribution in [0.25, 0.3) is 0 Å². The Morgan fingerprint density at radius 2 is 1.87 bits per heavy atom. The van der Waals surface area contributed by atoms with Crippen molar-refractivity contribution in [1.29, 1.82) is 0 Å². The first-order chi connectivity index (χ1) is 14.8. The third-order valence-electron chi connectivity index (χ3n) is 11.2. The molecule has 0 amide bonds. The lowest BCUT2D eigenvalue weighted by atomic mass is 9.45. The fraction of sp³-hybridized carbons (Fsp3) is 1.00. The van der Waals surface area contributed by atoms with Crippen LogP contribution < -0.4 is 0 Å². The summed E-state index contributed by atoms with van der Waals surface area (Å²) in [6.07, 6.45) is 0.106. The van der Waals surface area contributed by atoms with Gasteiger partial charge in [0.2, 0.25) is 0 Å². The van der Waals surface area contributed by atoms with Crippen molar-refractivity contribution in [3.05, 3.63) is 0 Å². The fourth-order valence-electron chi connectivity index (χ4n) is 10.6. The minimum atomic E-state index is -1.54. The van der Waals surface area contributed by atoms with Crippen LogP contribution in [0.5, 0.6) is 0 Å². The SMILES string of the molecule is CCN1CC23OC2C[C@H](O)[C@]24C1[C@@](O)(C(OC)[C@H]32)[C@@]1(O)C[C@H](OC)[C@H]2C[C@@H]4[C@@H]1[C@H]2OC. The number of epoxide rings is 1. The van der Waals surface area contributed by atoms with Crippen LogP contribution in [0.2, 0.25) is 0 Å². The highest BCUT2D eigenvalue weighted by Crippen LogP contribution is 2.81. The molecule has 2 spiro atoms. The lowest BCUT2D eigenvalue weighted by molar-refractivity contribution is -0.312. The Labute approximate surface area is 182 Å². The van der Waals surface area contributed by atoms with Crippen LogP contribution in [0.15, 0.2) is 0 Å². The second-order valence-corrected chi connectivity index (χ2v) is 11.4. The summed E-state index contributed by atoms with van der Waals surface area (Å²) in [7, 11) is 5.01. The molecule has 0 aromatic heterocycles. The quantitative estimate of drug-likeness (QED) is 0.501. The van der Waals surface area contributed by atoms with E-state index in [0.29, 0.717) is 12.8 Å². The molecule has 2 aliphatic heterocycles. The molecule has 2 saturated heterocycles. The summed E-state index contributed by atoms with van der Waals surface area (Å²) in [6.45, 7) is 3.54. The van der Waals surface area contributed by atoms with Crippen molar-refractivity contribution < 1.29 is 34.3 Å². The predicted molar refractivity (Wildman–Crippen MR) is 107 cm³/mol. The van der Waals surface area contributed by atoms with Crippen LogP contribution >= 0.6 is 0 Å². The van der Waals surface area contributed by atoms with Crippen LogP contribution in [-0.4, -0.2) is 108 Å². The van der Waals surface area contributed by atoms with Gasteiger partial charge in [-0.1, -0.05) is 6.92 Å². The van der Waals surface area contributed by atoms with Gasteiger partial charge in [0.05, 0.1) is 36.6 Å². The maximum Gasteiger partial charge on any atom is 0.136 e. The monoisotopic (exact) mass is 437 g/mol. The molecule has 5 aliphatic carbocycles. The molecule has 14 atom stereocenters. The largest absolute Gasteiger partial charge is 0.392 e. The second kappa shape index (κ2) is 5.66. The number of likely N-dealkylation sites (tertiary alicyclic amines) is 1. The summed E-state index contributed by atoms with van der Waals surface area (Å²) in [4.78, 5) is 2.28. The van der Waals surface area contributed by atoms with Crippen LogP contribution in [0, 0.1) is 29.1 Å². The van der Waals surface area contributed by atoms with Gasteiger partial charge >= 0.3 is 0 Å². The molecular formula is C23H35NO7. The Bertz CT molecular complexity index is 828. The van der Waals surface area contributed by atoms with Crippen molar-refractivity contribution in [1.82, 2.24) is 4.90 Å². The Hall–Kier alpha value is -0.320. The average Bonchev–Trinajstić information content (AvgIpc) is 3.25. The third kappa shape index (κ3) is 1.70. The minimum absolute atomic E-state index is 0.00870. The second-order valence-electron chi connectivity index (χ2n) is 11.4. The van der Waals surface area contributed by atoms with Crippen molar-refractivity contribution in [3.63, 3.8) is 0 Å². The summed E-state index contributed by atoms with van der Waals surface area (Å²) >= 11 is 0. The van der Waals surface area contributed by atoms with Gasteiger partial charge in [-0.05, 0) is 18.9 Å². The van der Waals surface area contributed by atoms with E-state index in [1.807, 2.05) is 0 Å². The third-order valence-corrected chi connectivity index (χ3v) is 11.2. The van der Waals surface area contributed by atoms with Crippen molar-refractivity contribution in [2.75, 3.05) is 34.4 Å². The number of ether oxygens (including phenoxy) is 4. The summed E-state index contributed by atoms with van der Waals surface area (Å²) in [5.74, 6) is -0.264. The van der Waals surface area contributed by atoms with E-state index in [1.54, 1.807) is 21.3 Å². The topological polar surface area (TPSA) is 104 Å². The van der Waals surface area contributed by atoms with E-state index in [1.165, 1.54) is 0 Å². The van der Waals surface area contributed by atoms with Crippen molar-refractivity contribution in [3.8, 4) is 0 Å². The Balaban J connectivity index is 1.54. The van der Waals surface area contributed by atoms with Crippen LogP contribution in [0.3, 0.4) is 0 Å². The standard InChI is InChI=1S/C23H35NO7/c1-5-24-9-20-14(31-20)7-13(25)22-11-6-10-12(28-2)8-21(26,15(11)16(10)29-3)23(27,19(22)24)18(30-4)17(20)22/h10-19,25-27H,5-9H2,1-4H3/t10-,11-,12+,13+,14?,15-,16+,17-,18?,19?,20?,21-,22+,23+/m1/s1. The molecular weight excluding hydrogens is 402 g/mol. The van der Waals surface area contributed by atoms with Crippen molar-refractivity contribution in [2.45, 2.75) is 79.6 Å². The highest BCUT2D eigenvalue weighted by molar-refractivity contribution is 5.44. The molecule has 31 heavy (non-hydrogen) atoms. The first-order valence-electron chi connectivity index (χ1n) is 11.9. The highest BCUT2D eigenvalue weighted by Gasteiger charge is 2.95. The molecule has 3 N–H and O–H groups in total. The van der Waals surface area contributed by atoms with E-state index < -0.39 is 34.4 Å². The maximum absolute atomic E-state index is 12.8. The van der Waals surface area contributed by atoms with Gasteiger partial charge in [0.25, 0.3) is 0 Å². The van der Waals surface area contributed by atoms with Gasteiger partial charge in [-0.2, -0.15) is 0 Å². The Morgan fingerprint density at radius 1 is 1.10 bits per heavy atom. The van der Waals surface area contributed by atoms with E-state index >= 15 is 0 Å². The number of fused-ring (bicyclic) bond motifs is 2. The minimum Gasteiger partial charge on any atom is -0.392 e. The van der Waals surface area contributed by atoms with Gasteiger partial charge in [0.15, 0.2) is 0 Å². The molecule has 0 radical (unpaired) electrons. The Kier molecular flexibility index (Phi) is 3.67. The van der Waals surface area contributed by atoms with Gasteiger partial charge in [-0.15, -0.1) is 0 Å². The van der Waals surface area contributed by atoms with E-state index in [9.17, 15) is 15.3 Å². The van der Waals surface area contributed by atoms with Crippen molar-refractivity contribution in [2.24, 2.45) is 29.1 Å². The van der Waals surface area contributed by atoms with Crippen LogP contribution in [0.4, 0.5) is 0 Å². The highest BCUT2D eigenvalue weighted by atomic mass is 16.6. The number of piperidine rings is 1. The molecule has 7 aliphatic rings. The van der Waals surface area contributed by atoms with Gasteiger partial charge in [-0.3, -0.25) is 4.90 Å². The van der Waals surface area contributed by atoms with E-state index in [2.05, 4.69) is 11.8 Å². The smallest absolute Gasteiger partial charge is 0.136 e. The molecule has 7 rings (SSSR count). The lowest BCUT2D eigenvalue weighted by Crippen LogP contribution is -2.81. The number of hydrogen-bond donors (Lipinski definition) is 3. The van der Waals surface area contributed by atoms with Crippen LogP contribution in [0.1, 0.15) is 26.2 Å². The molecule has 5 saturated carbocycles. The first-order valence-corrected chi connectivity index (χ1v) is 11.9. The predicted octanol–water partition coefficient (Wildman–Crippen LogP) is -0.614. The van der Waals surface area contributed by atoms with Gasteiger partial charge in [-0.25, -0.2) is 0 Å². The van der Waals surface area contributed by atoms with Gasteiger partial charge < -0.3 is 34.3 Å². The zero-order valence-corrected chi connectivity index (χ0v) is 18.7. The van der Waals surface area contributed by atoms with Crippen molar-refractivity contribution >= 4 is 0 Å². The van der Waals surface area contributed by atoms with E-state index in [-0.39, 0.29) is 48.0 Å². The van der Waals surface area contributed by atoms with Gasteiger partial charge in [0, 0.05) is 63.9 Å². The normalized spacial score (nSPS) is 67.5. The number of aliphatic hydroxyl groups is 3. The molecule has 8 heteroatoms. The van der Waals surface area contributed by atoms with E-state index in [0.717, 1.165) is 19.5 Å².